The van der Waals surface area contributed by atoms with Gasteiger partial charge in [-0.05, 0) is 30.7 Å². The van der Waals surface area contributed by atoms with Crippen molar-refractivity contribution in [1.82, 2.24) is 0 Å². The lowest BCUT2D eigenvalue weighted by atomic mass is 10.1. The highest BCUT2D eigenvalue weighted by molar-refractivity contribution is 7.85. The summed E-state index contributed by atoms with van der Waals surface area (Å²) in [4.78, 5) is 11.4. The van der Waals surface area contributed by atoms with Crippen molar-refractivity contribution in [2.45, 2.75) is 63.2 Å². The van der Waals surface area contributed by atoms with Crippen LogP contribution in [0.3, 0.4) is 0 Å². The predicted molar refractivity (Wildman–Crippen MR) is 84.5 cm³/mol. The van der Waals surface area contributed by atoms with E-state index in [1.807, 2.05) is 0 Å². The Morgan fingerprint density at radius 2 is 1.55 bits per heavy atom. The third-order valence-corrected chi connectivity index (χ3v) is 4.21. The van der Waals surface area contributed by atoms with E-state index >= 15 is 0 Å². The molecular formula is C16H24O5S. The van der Waals surface area contributed by atoms with E-state index in [2.05, 4.69) is 6.92 Å². The van der Waals surface area contributed by atoms with Crippen LogP contribution in [-0.2, 0) is 14.9 Å². The molecule has 0 bridgehead atoms. The van der Waals surface area contributed by atoms with Crippen LogP contribution in [-0.4, -0.2) is 18.9 Å². The average Bonchev–Trinajstić information content (AvgIpc) is 2.46. The zero-order valence-electron chi connectivity index (χ0n) is 13.0. The van der Waals surface area contributed by atoms with E-state index in [1.165, 1.54) is 49.9 Å². The Labute approximate surface area is 132 Å². The lowest BCUT2D eigenvalue weighted by Gasteiger charge is -2.05. The molecule has 1 aromatic carbocycles. The summed E-state index contributed by atoms with van der Waals surface area (Å²) >= 11 is 0. The van der Waals surface area contributed by atoms with E-state index < -0.39 is 10.1 Å². The van der Waals surface area contributed by atoms with Crippen molar-refractivity contribution in [3.05, 3.63) is 24.3 Å². The van der Waals surface area contributed by atoms with Crippen LogP contribution in [0.25, 0.3) is 0 Å². The Morgan fingerprint density at radius 3 is 2.09 bits per heavy atom. The summed E-state index contributed by atoms with van der Waals surface area (Å²) in [5, 5.41) is 0. The van der Waals surface area contributed by atoms with Gasteiger partial charge in [-0.1, -0.05) is 45.4 Å². The highest BCUT2D eigenvalue weighted by Gasteiger charge is 2.10. The summed E-state index contributed by atoms with van der Waals surface area (Å²) in [6, 6.07) is 5.11. The molecule has 5 nitrogen and oxygen atoms in total. The number of hydrogen-bond acceptors (Lipinski definition) is 4. The molecule has 1 N–H and O–H groups in total. The maximum Gasteiger partial charge on any atom is 0.311 e. The lowest BCUT2D eigenvalue weighted by molar-refractivity contribution is -0.134. The number of unbranched alkanes of at least 4 members (excludes halogenated alkanes) is 6. The Morgan fingerprint density at radius 1 is 1.00 bits per heavy atom. The molecule has 0 radical (unpaired) electrons. The molecule has 124 valence electrons. The number of benzene rings is 1. The van der Waals surface area contributed by atoms with Crippen LogP contribution in [0.15, 0.2) is 29.2 Å². The number of carbonyl (C=O) groups excluding carboxylic acids is 1. The molecule has 22 heavy (non-hydrogen) atoms. The van der Waals surface area contributed by atoms with Crippen molar-refractivity contribution in [2.75, 3.05) is 0 Å². The van der Waals surface area contributed by atoms with Gasteiger partial charge in [-0.25, -0.2) is 0 Å². The van der Waals surface area contributed by atoms with E-state index in [9.17, 15) is 13.2 Å². The van der Waals surface area contributed by atoms with Crippen LogP contribution in [0, 0.1) is 0 Å². The minimum atomic E-state index is -4.22. The largest absolute Gasteiger partial charge is 0.427 e. The Balaban J connectivity index is 2.25. The zero-order valence-corrected chi connectivity index (χ0v) is 13.8. The first-order chi connectivity index (χ1) is 10.4. The van der Waals surface area contributed by atoms with Crippen molar-refractivity contribution >= 4 is 16.1 Å². The summed E-state index contributed by atoms with van der Waals surface area (Å²) in [5.41, 5.74) is 0. The van der Waals surface area contributed by atoms with Gasteiger partial charge in [0, 0.05) is 6.42 Å². The molecule has 0 saturated carbocycles. The first-order valence-electron chi connectivity index (χ1n) is 7.71. The monoisotopic (exact) mass is 328 g/mol. The zero-order chi connectivity index (χ0) is 16.4. The van der Waals surface area contributed by atoms with Gasteiger partial charge in [0.1, 0.15) is 5.75 Å². The van der Waals surface area contributed by atoms with Gasteiger partial charge in [-0.15, -0.1) is 0 Å². The quantitative estimate of drug-likeness (QED) is 0.304. The number of carbonyl (C=O) groups is 1. The molecule has 0 amide bonds. The first kappa shape index (κ1) is 18.6. The number of ether oxygens (including phenoxy) is 1. The molecule has 0 atom stereocenters. The summed E-state index contributed by atoms with van der Waals surface area (Å²) in [6.45, 7) is 2.18. The van der Waals surface area contributed by atoms with Gasteiger partial charge in [0.15, 0.2) is 0 Å². The summed E-state index contributed by atoms with van der Waals surface area (Å²) in [5.74, 6) is -0.0477. The van der Waals surface area contributed by atoms with Crippen LogP contribution in [0.1, 0.15) is 58.3 Å². The highest BCUT2D eigenvalue weighted by atomic mass is 32.2. The third kappa shape index (κ3) is 7.56. The smallest absolute Gasteiger partial charge is 0.311 e. The molecular weight excluding hydrogens is 304 g/mol. The Bertz CT molecular complexity index is 548. The fourth-order valence-electron chi connectivity index (χ4n) is 2.09. The summed E-state index contributed by atoms with van der Waals surface area (Å²) in [6.07, 6.45) is 8.25. The van der Waals surface area contributed by atoms with Gasteiger partial charge in [0.2, 0.25) is 0 Å². The van der Waals surface area contributed by atoms with E-state index in [0.29, 0.717) is 6.42 Å². The maximum absolute atomic E-state index is 11.6. The van der Waals surface area contributed by atoms with Crippen molar-refractivity contribution in [2.24, 2.45) is 0 Å². The van der Waals surface area contributed by atoms with Crippen LogP contribution in [0.5, 0.6) is 5.75 Å². The third-order valence-electron chi connectivity index (χ3n) is 3.34. The fourth-order valence-corrected chi connectivity index (χ4v) is 2.57. The lowest BCUT2D eigenvalue weighted by Crippen LogP contribution is -2.07. The van der Waals surface area contributed by atoms with Gasteiger partial charge in [-0.2, -0.15) is 8.42 Å². The van der Waals surface area contributed by atoms with Crippen molar-refractivity contribution < 1.29 is 22.5 Å². The molecule has 0 heterocycles. The molecule has 1 aromatic rings. The van der Waals surface area contributed by atoms with Crippen LogP contribution >= 0.6 is 0 Å². The minimum Gasteiger partial charge on any atom is -0.427 e. The van der Waals surface area contributed by atoms with Crippen molar-refractivity contribution in [3.8, 4) is 5.75 Å². The molecule has 0 unspecified atom stereocenters. The van der Waals surface area contributed by atoms with E-state index in [1.54, 1.807) is 0 Å². The van der Waals surface area contributed by atoms with Crippen LogP contribution in [0.4, 0.5) is 0 Å². The van der Waals surface area contributed by atoms with Gasteiger partial charge in [0.25, 0.3) is 10.1 Å². The van der Waals surface area contributed by atoms with Gasteiger partial charge in [0.05, 0.1) is 4.90 Å². The predicted octanol–water partition coefficient (Wildman–Crippen LogP) is 3.98. The number of hydrogen-bond donors (Lipinski definition) is 1. The minimum absolute atomic E-state index is 0.223. The van der Waals surface area contributed by atoms with E-state index in [-0.39, 0.29) is 16.6 Å². The SMILES string of the molecule is CCCCCCCCCC(=O)Oc1ccc(S(=O)(=O)O)cc1. The van der Waals surface area contributed by atoms with Gasteiger partial charge in [-0.3, -0.25) is 9.35 Å². The molecule has 0 aliphatic carbocycles. The Hall–Kier alpha value is -1.40. The number of esters is 1. The second kappa shape index (κ2) is 9.58. The van der Waals surface area contributed by atoms with Gasteiger partial charge < -0.3 is 4.74 Å². The number of rotatable bonds is 10. The van der Waals surface area contributed by atoms with E-state index in [0.717, 1.165) is 19.3 Å². The molecule has 0 saturated heterocycles. The fraction of sp³-hybridized carbons (Fsp3) is 0.562. The second-order valence-electron chi connectivity index (χ2n) is 5.29. The molecule has 0 aliphatic heterocycles. The van der Waals surface area contributed by atoms with Crippen LogP contribution in [0.2, 0.25) is 0 Å². The second-order valence-corrected chi connectivity index (χ2v) is 6.71. The molecule has 0 spiro atoms. The van der Waals surface area contributed by atoms with Crippen molar-refractivity contribution in [3.63, 3.8) is 0 Å². The molecule has 0 fully saturated rings. The van der Waals surface area contributed by atoms with Crippen LogP contribution < -0.4 is 4.74 Å². The maximum atomic E-state index is 11.6. The molecule has 0 aromatic heterocycles. The molecule has 6 heteroatoms. The topological polar surface area (TPSA) is 80.7 Å². The summed E-state index contributed by atoms with van der Waals surface area (Å²) < 4.78 is 35.7. The average molecular weight is 328 g/mol. The Kier molecular flexibility index (Phi) is 8.12. The first-order valence-corrected chi connectivity index (χ1v) is 9.15. The highest BCUT2D eigenvalue weighted by Crippen LogP contribution is 2.17. The summed E-state index contributed by atoms with van der Waals surface area (Å²) in [7, 11) is -4.22. The normalized spacial score (nSPS) is 11.4. The standard InChI is InChI=1S/C16H24O5S/c1-2-3-4-5-6-7-8-9-16(17)21-14-10-12-15(13-11-14)22(18,19)20/h10-13H,2-9H2,1H3,(H,18,19,20). The molecule has 1 rings (SSSR count). The van der Waals surface area contributed by atoms with Gasteiger partial charge >= 0.3 is 5.97 Å². The van der Waals surface area contributed by atoms with Crippen molar-refractivity contribution in [1.29, 1.82) is 0 Å². The van der Waals surface area contributed by atoms with E-state index in [4.69, 9.17) is 9.29 Å². The molecule has 0 aliphatic rings.